The van der Waals surface area contributed by atoms with Crippen LogP contribution >= 0.6 is 0 Å². The van der Waals surface area contributed by atoms with Gasteiger partial charge in [0, 0.05) is 18.7 Å². The first-order chi connectivity index (χ1) is 8.81. The molecule has 96 valence electrons. The van der Waals surface area contributed by atoms with Gasteiger partial charge < -0.3 is 10.6 Å². The summed E-state index contributed by atoms with van der Waals surface area (Å²) in [4.78, 5) is 11.9. The molecule has 18 heavy (non-hydrogen) atoms. The number of allylic oxidation sites excluding steroid dienone is 1. The normalized spacial score (nSPS) is 14.5. The Kier molecular flexibility index (Phi) is 4.53. The van der Waals surface area contributed by atoms with Gasteiger partial charge in [0.2, 0.25) is 0 Å². The number of benzene rings is 1. The first-order valence-electron chi connectivity index (χ1n) is 6.53. The number of nitrogens with one attached hydrogen (secondary N) is 2. The molecule has 2 N–H and O–H groups in total. The van der Waals surface area contributed by atoms with Gasteiger partial charge in [-0.15, -0.1) is 0 Å². The zero-order valence-corrected chi connectivity index (χ0v) is 10.8. The average Bonchev–Trinajstić information content (AvgIpc) is 2.43. The van der Waals surface area contributed by atoms with Gasteiger partial charge in [0.05, 0.1) is 0 Å². The van der Waals surface area contributed by atoms with E-state index in [1.165, 1.54) is 11.1 Å². The maximum absolute atomic E-state index is 11.9. The molecule has 0 aromatic heterocycles. The number of fused-ring (bicyclic) bond motifs is 1. The highest BCUT2D eigenvalue weighted by Gasteiger charge is 2.11. The number of carbonyl (C=O) groups is 1. The molecule has 0 fully saturated rings. The molecule has 0 spiro atoms. The number of rotatable bonds is 4. The van der Waals surface area contributed by atoms with E-state index in [0.29, 0.717) is 6.54 Å². The molecule has 1 aliphatic rings. The van der Waals surface area contributed by atoms with Crippen LogP contribution in [0.4, 0.5) is 0 Å². The quantitative estimate of drug-likeness (QED) is 0.628. The standard InChI is InChI=1S/C15H20N2O/c1-2-3-4-8-17-15(18)13-6-5-12-7-9-16-11-14(12)10-13/h2-3,5-6,10,16H,4,7-9,11H2,1H3,(H,17,18)/b3-2+. The van der Waals surface area contributed by atoms with Gasteiger partial charge in [-0.2, -0.15) is 0 Å². The van der Waals surface area contributed by atoms with Gasteiger partial charge in [-0.25, -0.2) is 0 Å². The first kappa shape index (κ1) is 12.8. The Balaban J connectivity index is 1.97. The number of amides is 1. The molecule has 0 saturated carbocycles. The second kappa shape index (κ2) is 6.36. The molecule has 0 unspecified atom stereocenters. The van der Waals surface area contributed by atoms with Crippen LogP contribution in [-0.2, 0) is 13.0 Å². The first-order valence-corrected chi connectivity index (χ1v) is 6.53. The Morgan fingerprint density at radius 2 is 2.33 bits per heavy atom. The highest BCUT2D eigenvalue weighted by molar-refractivity contribution is 5.94. The topological polar surface area (TPSA) is 41.1 Å². The molecule has 1 heterocycles. The minimum atomic E-state index is 0.0212. The van der Waals surface area contributed by atoms with Crippen molar-refractivity contribution in [2.24, 2.45) is 0 Å². The van der Waals surface area contributed by atoms with Crippen molar-refractivity contribution in [3.63, 3.8) is 0 Å². The Morgan fingerprint density at radius 1 is 1.44 bits per heavy atom. The van der Waals surface area contributed by atoms with E-state index in [1.54, 1.807) is 0 Å². The molecule has 0 aliphatic carbocycles. The van der Waals surface area contributed by atoms with E-state index in [-0.39, 0.29) is 5.91 Å². The monoisotopic (exact) mass is 244 g/mol. The Labute approximate surface area is 108 Å². The van der Waals surface area contributed by atoms with Crippen LogP contribution in [0.15, 0.2) is 30.4 Å². The fraction of sp³-hybridized carbons (Fsp3) is 0.400. The summed E-state index contributed by atoms with van der Waals surface area (Å²) in [5.41, 5.74) is 3.37. The lowest BCUT2D eigenvalue weighted by Crippen LogP contribution is -2.26. The Hall–Kier alpha value is -1.61. The van der Waals surface area contributed by atoms with E-state index in [2.05, 4.69) is 22.8 Å². The molecule has 3 nitrogen and oxygen atoms in total. The van der Waals surface area contributed by atoms with Crippen molar-refractivity contribution in [2.75, 3.05) is 13.1 Å². The van der Waals surface area contributed by atoms with Crippen LogP contribution in [0.3, 0.4) is 0 Å². The van der Waals surface area contributed by atoms with Gasteiger partial charge in [-0.1, -0.05) is 18.2 Å². The second-order valence-electron chi connectivity index (χ2n) is 4.52. The van der Waals surface area contributed by atoms with E-state index >= 15 is 0 Å². The third-order valence-corrected chi connectivity index (χ3v) is 3.19. The zero-order chi connectivity index (χ0) is 12.8. The highest BCUT2D eigenvalue weighted by Crippen LogP contribution is 2.15. The van der Waals surface area contributed by atoms with Gasteiger partial charge in [0.15, 0.2) is 0 Å². The predicted molar refractivity (Wildman–Crippen MR) is 73.6 cm³/mol. The minimum absolute atomic E-state index is 0.0212. The molecule has 1 amide bonds. The van der Waals surface area contributed by atoms with Crippen molar-refractivity contribution >= 4 is 5.91 Å². The van der Waals surface area contributed by atoms with Crippen molar-refractivity contribution in [2.45, 2.75) is 26.3 Å². The molecule has 1 aromatic rings. The summed E-state index contributed by atoms with van der Waals surface area (Å²) in [6, 6.07) is 6.01. The van der Waals surface area contributed by atoms with Crippen LogP contribution in [0.25, 0.3) is 0 Å². The molecule has 0 bridgehead atoms. The van der Waals surface area contributed by atoms with Crippen LogP contribution in [-0.4, -0.2) is 19.0 Å². The summed E-state index contributed by atoms with van der Waals surface area (Å²) in [6.07, 6.45) is 5.99. The van der Waals surface area contributed by atoms with Crippen molar-refractivity contribution in [3.8, 4) is 0 Å². The van der Waals surface area contributed by atoms with Gasteiger partial charge >= 0.3 is 0 Å². The third-order valence-electron chi connectivity index (χ3n) is 3.19. The summed E-state index contributed by atoms with van der Waals surface area (Å²) in [5.74, 6) is 0.0212. The minimum Gasteiger partial charge on any atom is -0.352 e. The lowest BCUT2D eigenvalue weighted by atomic mass is 9.98. The molecule has 2 rings (SSSR count). The van der Waals surface area contributed by atoms with Crippen molar-refractivity contribution < 1.29 is 4.79 Å². The summed E-state index contributed by atoms with van der Waals surface area (Å²) < 4.78 is 0. The summed E-state index contributed by atoms with van der Waals surface area (Å²) in [5, 5.41) is 6.26. The maximum Gasteiger partial charge on any atom is 0.251 e. The van der Waals surface area contributed by atoms with Gasteiger partial charge in [0.1, 0.15) is 0 Å². The lowest BCUT2D eigenvalue weighted by Gasteiger charge is -2.17. The number of carbonyl (C=O) groups excluding carboxylic acids is 1. The molecular formula is C15H20N2O. The number of hydrogen-bond acceptors (Lipinski definition) is 2. The average molecular weight is 244 g/mol. The zero-order valence-electron chi connectivity index (χ0n) is 10.8. The van der Waals surface area contributed by atoms with Crippen molar-refractivity contribution in [1.29, 1.82) is 0 Å². The van der Waals surface area contributed by atoms with Crippen LogP contribution < -0.4 is 10.6 Å². The lowest BCUT2D eigenvalue weighted by molar-refractivity contribution is 0.0954. The van der Waals surface area contributed by atoms with Crippen LogP contribution in [0.1, 0.15) is 34.8 Å². The fourth-order valence-corrected chi connectivity index (χ4v) is 2.16. The van der Waals surface area contributed by atoms with E-state index in [4.69, 9.17) is 0 Å². The summed E-state index contributed by atoms with van der Waals surface area (Å²) >= 11 is 0. The van der Waals surface area contributed by atoms with Gasteiger partial charge in [-0.05, 0) is 49.6 Å². The van der Waals surface area contributed by atoms with E-state index in [0.717, 1.165) is 31.5 Å². The summed E-state index contributed by atoms with van der Waals surface area (Å²) in [6.45, 7) is 4.58. The maximum atomic E-state index is 11.9. The molecule has 3 heteroatoms. The Bertz CT molecular complexity index is 452. The van der Waals surface area contributed by atoms with Gasteiger partial charge in [-0.3, -0.25) is 4.79 Å². The van der Waals surface area contributed by atoms with Crippen molar-refractivity contribution in [1.82, 2.24) is 10.6 Å². The largest absolute Gasteiger partial charge is 0.352 e. The molecule has 0 atom stereocenters. The van der Waals surface area contributed by atoms with E-state index in [1.807, 2.05) is 25.1 Å². The van der Waals surface area contributed by atoms with E-state index in [9.17, 15) is 4.79 Å². The summed E-state index contributed by atoms with van der Waals surface area (Å²) in [7, 11) is 0. The molecule has 0 saturated heterocycles. The van der Waals surface area contributed by atoms with Crippen LogP contribution in [0.5, 0.6) is 0 Å². The smallest absolute Gasteiger partial charge is 0.251 e. The van der Waals surface area contributed by atoms with Crippen LogP contribution in [0.2, 0.25) is 0 Å². The Morgan fingerprint density at radius 3 is 3.17 bits per heavy atom. The van der Waals surface area contributed by atoms with Crippen LogP contribution in [0, 0.1) is 0 Å². The molecule has 1 aromatic carbocycles. The number of hydrogen-bond donors (Lipinski definition) is 2. The fourth-order valence-electron chi connectivity index (χ4n) is 2.16. The SMILES string of the molecule is C/C=C/CCNC(=O)c1ccc2c(c1)CNCC2. The van der Waals surface area contributed by atoms with Gasteiger partial charge in [0.25, 0.3) is 5.91 Å². The second-order valence-corrected chi connectivity index (χ2v) is 4.52. The third kappa shape index (κ3) is 3.20. The van der Waals surface area contributed by atoms with E-state index < -0.39 is 0 Å². The highest BCUT2D eigenvalue weighted by atomic mass is 16.1. The van der Waals surface area contributed by atoms with Crippen molar-refractivity contribution in [3.05, 3.63) is 47.0 Å². The predicted octanol–water partition coefficient (Wildman–Crippen LogP) is 2.03. The molecule has 0 radical (unpaired) electrons. The molecule has 1 aliphatic heterocycles. The molecular weight excluding hydrogens is 224 g/mol.